The van der Waals surface area contributed by atoms with E-state index in [2.05, 4.69) is 15.2 Å². The minimum atomic E-state index is -2.97. The van der Waals surface area contributed by atoms with Crippen LogP contribution in [-0.2, 0) is 9.63 Å². The number of nitrogens with one attached hydrogen (secondary N) is 1. The van der Waals surface area contributed by atoms with Crippen molar-refractivity contribution in [2.45, 2.75) is 13.5 Å². The van der Waals surface area contributed by atoms with Gasteiger partial charge in [0.2, 0.25) is 0 Å². The van der Waals surface area contributed by atoms with Crippen LogP contribution in [-0.4, -0.2) is 32.4 Å². The maximum Gasteiger partial charge on any atom is 0.387 e. The van der Waals surface area contributed by atoms with E-state index in [0.29, 0.717) is 16.8 Å². The monoisotopic (exact) mass is 382 g/mol. The highest BCUT2D eigenvalue weighted by molar-refractivity contribution is 5.91. The third kappa shape index (κ3) is 6.21. The first-order valence-corrected chi connectivity index (χ1v) is 7.73. The highest BCUT2D eigenvalue weighted by atomic mass is 19.3. The molecule has 0 fully saturated rings. The Morgan fingerprint density at radius 3 is 2.67 bits per heavy atom. The Morgan fingerprint density at radius 1 is 1.22 bits per heavy atom. The summed E-state index contributed by atoms with van der Waals surface area (Å²) in [5, 5.41) is 6.08. The van der Waals surface area contributed by atoms with Gasteiger partial charge in [-0.2, -0.15) is 8.78 Å². The molecule has 0 unspecified atom stereocenters. The van der Waals surface area contributed by atoms with Crippen LogP contribution in [0.15, 0.2) is 41.6 Å². The van der Waals surface area contributed by atoms with Crippen LogP contribution in [0.3, 0.4) is 0 Å². The Balaban J connectivity index is 1.87. The second-order valence-corrected chi connectivity index (χ2v) is 5.31. The molecule has 0 aliphatic rings. The number of ether oxygens (including phenoxy) is 2. The second-order valence-electron chi connectivity index (χ2n) is 5.31. The number of nitrogens with zero attached hydrogens (tertiary/aromatic N) is 1. The number of alkyl halides is 2. The molecule has 0 aliphatic carbocycles. The van der Waals surface area contributed by atoms with Gasteiger partial charge in [0.25, 0.3) is 5.91 Å². The maximum absolute atomic E-state index is 13.4. The lowest BCUT2D eigenvalue weighted by molar-refractivity contribution is -0.120. The van der Waals surface area contributed by atoms with E-state index in [1.807, 2.05) is 0 Å². The van der Waals surface area contributed by atoms with Crippen molar-refractivity contribution in [1.82, 2.24) is 0 Å². The zero-order valence-corrected chi connectivity index (χ0v) is 14.5. The van der Waals surface area contributed by atoms with Gasteiger partial charge in [0.05, 0.1) is 13.3 Å². The fraction of sp³-hybridized carbons (Fsp3) is 0.222. The first-order valence-electron chi connectivity index (χ1n) is 7.73. The Morgan fingerprint density at radius 2 is 2.00 bits per heavy atom. The summed E-state index contributed by atoms with van der Waals surface area (Å²) >= 11 is 0. The summed E-state index contributed by atoms with van der Waals surface area (Å²) in [6.45, 7) is -1.75. The number of oxime groups is 1. The molecule has 0 bridgehead atoms. The lowest BCUT2D eigenvalue weighted by Crippen LogP contribution is -2.17. The van der Waals surface area contributed by atoms with E-state index >= 15 is 0 Å². The van der Waals surface area contributed by atoms with E-state index in [9.17, 15) is 18.0 Å². The Bertz CT molecular complexity index is 828. The van der Waals surface area contributed by atoms with Crippen LogP contribution in [0, 0.1) is 12.7 Å². The molecule has 2 rings (SSSR count). The summed E-state index contributed by atoms with van der Waals surface area (Å²) in [5.74, 6) is -0.970. The number of carbonyl (C=O) groups is 1. The number of benzene rings is 2. The predicted molar refractivity (Wildman–Crippen MR) is 92.9 cm³/mol. The van der Waals surface area contributed by atoms with Gasteiger partial charge in [-0.15, -0.1) is 0 Å². The average molecular weight is 382 g/mol. The van der Waals surface area contributed by atoms with Crippen LogP contribution in [0.5, 0.6) is 11.5 Å². The van der Waals surface area contributed by atoms with Crippen LogP contribution in [0.25, 0.3) is 0 Å². The second kappa shape index (κ2) is 9.46. The Hall–Kier alpha value is -3.23. The van der Waals surface area contributed by atoms with Crippen molar-refractivity contribution in [3.63, 3.8) is 0 Å². The van der Waals surface area contributed by atoms with Crippen molar-refractivity contribution < 1.29 is 32.3 Å². The smallest absolute Gasteiger partial charge is 0.387 e. The molecular weight excluding hydrogens is 365 g/mol. The zero-order chi connectivity index (χ0) is 19.8. The SMILES string of the molecule is COc1cc(/C=N/OCC(=O)Nc2ccc(C)c(F)c2)ccc1OC(F)F. The third-order valence-corrected chi connectivity index (χ3v) is 3.33. The number of carbonyl (C=O) groups excluding carboxylic acids is 1. The van der Waals surface area contributed by atoms with Crippen LogP contribution >= 0.6 is 0 Å². The van der Waals surface area contributed by atoms with Gasteiger partial charge in [0.1, 0.15) is 5.82 Å². The van der Waals surface area contributed by atoms with Gasteiger partial charge in [0, 0.05) is 11.3 Å². The Kier molecular flexibility index (Phi) is 7.04. The van der Waals surface area contributed by atoms with Gasteiger partial charge in [-0.3, -0.25) is 4.79 Å². The predicted octanol–water partition coefficient (Wildman–Crippen LogP) is 3.73. The first kappa shape index (κ1) is 20.1. The van der Waals surface area contributed by atoms with Crippen molar-refractivity contribution in [1.29, 1.82) is 0 Å². The molecule has 6 nitrogen and oxygen atoms in total. The molecule has 0 saturated heterocycles. The summed E-state index contributed by atoms with van der Waals surface area (Å²) < 4.78 is 47.2. The summed E-state index contributed by atoms with van der Waals surface area (Å²) in [4.78, 5) is 16.6. The van der Waals surface area contributed by atoms with Crippen LogP contribution in [0.2, 0.25) is 0 Å². The van der Waals surface area contributed by atoms with Crippen molar-refractivity contribution in [3.8, 4) is 11.5 Å². The number of amides is 1. The highest BCUT2D eigenvalue weighted by Gasteiger charge is 2.10. The van der Waals surface area contributed by atoms with E-state index < -0.39 is 24.9 Å². The van der Waals surface area contributed by atoms with Gasteiger partial charge < -0.3 is 19.6 Å². The number of aryl methyl sites for hydroxylation is 1. The fourth-order valence-electron chi connectivity index (χ4n) is 2.02. The molecular formula is C18H17F3N2O4. The summed E-state index contributed by atoms with van der Waals surface area (Å²) in [7, 11) is 1.31. The average Bonchev–Trinajstić information content (AvgIpc) is 2.62. The molecule has 0 atom stereocenters. The molecule has 1 amide bonds. The van der Waals surface area contributed by atoms with Crippen molar-refractivity contribution in [2.75, 3.05) is 19.0 Å². The van der Waals surface area contributed by atoms with E-state index in [1.54, 1.807) is 19.1 Å². The third-order valence-electron chi connectivity index (χ3n) is 3.33. The number of anilines is 1. The molecule has 0 saturated carbocycles. The molecule has 0 spiro atoms. The number of hydrogen-bond donors (Lipinski definition) is 1. The summed E-state index contributed by atoms with van der Waals surface area (Å²) in [6, 6.07) is 8.48. The number of rotatable bonds is 8. The number of halogens is 3. The minimum absolute atomic E-state index is 0.0957. The van der Waals surface area contributed by atoms with Crippen LogP contribution < -0.4 is 14.8 Å². The van der Waals surface area contributed by atoms with E-state index in [-0.39, 0.29) is 11.5 Å². The molecule has 27 heavy (non-hydrogen) atoms. The Labute approximate surface area is 153 Å². The molecule has 9 heteroatoms. The zero-order valence-electron chi connectivity index (χ0n) is 14.5. The summed E-state index contributed by atoms with van der Waals surface area (Å²) in [5.41, 5.74) is 1.25. The first-order chi connectivity index (χ1) is 12.9. The van der Waals surface area contributed by atoms with Gasteiger partial charge >= 0.3 is 6.61 Å². The summed E-state index contributed by atoms with van der Waals surface area (Å²) in [6.07, 6.45) is 1.27. The highest BCUT2D eigenvalue weighted by Crippen LogP contribution is 2.28. The normalized spacial score (nSPS) is 10.9. The lowest BCUT2D eigenvalue weighted by Gasteiger charge is -2.09. The van der Waals surface area contributed by atoms with E-state index in [0.717, 1.165) is 0 Å². The molecule has 144 valence electrons. The molecule has 0 aromatic heterocycles. The van der Waals surface area contributed by atoms with Gasteiger partial charge in [-0.25, -0.2) is 4.39 Å². The van der Waals surface area contributed by atoms with Gasteiger partial charge in [-0.1, -0.05) is 11.2 Å². The van der Waals surface area contributed by atoms with Crippen LogP contribution in [0.4, 0.5) is 18.9 Å². The maximum atomic E-state index is 13.4. The van der Waals surface area contributed by atoms with E-state index in [1.165, 1.54) is 37.6 Å². The number of methoxy groups -OCH3 is 1. The van der Waals surface area contributed by atoms with Crippen LogP contribution in [0.1, 0.15) is 11.1 Å². The largest absolute Gasteiger partial charge is 0.493 e. The minimum Gasteiger partial charge on any atom is -0.493 e. The molecule has 2 aromatic carbocycles. The quantitative estimate of drug-likeness (QED) is 0.558. The molecule has 0 radical (unpaired) electrons. The van der Waals surface area contributed by atoms with E-state index in [4.69, 9.17) is 9.57 Å². The molecule has 0 aliphatic heterocycles. The van der Waals surface area contributed by atoms with Crippen molar-refractivity contribution >= 4 is 17.8 Å². The standard InChI is InChI=1S/C18H17F3N2O4/c1-11-3-5-13(8-14(11)19)23-17(24)10-26-22-9-12-4-6-15(27-18(20)21)16(7-12)25-2/h3-9,18H,10H2,1-2H3,(H,23,24)/b22-9+. The van der Waals surface area contributed by atoms with Gasteiger partial charge in [0.15, 0.2) is 18.1 Å². The fourth-order valence-corrected chi connectivity index (χ4v) is 2.02. The number of hydrogen-bond acceptors (Lipinski definition) is 5. The molecule has 2 aromatic rings. The topological polar surface area (TPSA) is 69.2 Å². The molecule has 0 heterocycles. The van der Waals surface area contributed by atoms with Crippen molar-refractivity contribution in [3.05, 3.63) is 53.3 Å². The lowest BCUT2D eigenvalue weighted by atomic mass is 10.2. The molecule has 1 N–H and O–H groups in total. The van der Waals surface area contributed by atoms with Crippen molar-refractivity contribution in [2.24, 2.45) is 5.16 Å². The van der Waals surface area contributed by atoms with Gasteiger partial charge in [-0.05, 0) is 42.8 Å².